The quantitative estimate of drug-likeness (QED) is 0.795. The largest absolute Gasteiger partial charge is 0.495 e. The van der Waals surface area contributed by atoms with Crippen molar-refractivity contribution >= 4 is 29.2 Å². The molecular formula is C14H16N4O2S. The topological polar surface area (TPSA) is 90.1 Å². The molecule has 3 N–H and O–H groups in total. The summed E-state index contributed by atoms with van der Waals surface area (Å²) in [7, 11) is 1.57. The lowest BCUT2D eigenvalue weighted by molar-refractivity contribution is -0.115. The maximum absolute atomic E-state index is 11.9. The Balaban J connectivity index is 1.84. The summed E-state index contributed by atoms with van der Waals surface area (Å²) in [6.45, 7) is 0. The fraction of sp³-hybridized carbons (Fsp3) is 0.214. The van der Waals surface area contributed by atoms with Crippen molar-refractivity contribution < 1.29 is 9.53 Å². The number of para-hydroxylation sites is 2. The highest BCUT2D eigenvalue weighted by atomic mass is 32.2. The Labute approximate surface area is 127 Å². The maximum Gasteiger partial charge on any atom is 0.225 e. The molecule has 0 aliphatic rings. The number of amides is 1. The summed E-state index contributed by atoms with van der Waals surface area (Å²) in [5.41, 5.74) is 6.35. The number of aromatic nitrogens is 2. The number of carbonyl (C=O) groups is 1. The summed E-state index contributed by atoms with van der Waals surface area (Å²) in [5, 5.41) is 3.46. The second kappa shape index (κ2) is 7.49. The lowest BCUT2D eigenvalue weighted by atomic mass is 10.3. The van der Waals surface area contributed by atoms with Crippen molar-refractivity contribution in [3.05, 3.63) is 36.7 Å². The van der Waals surface area contributed by atoms with E-state index in [-0.39, 0.29) is 5.91 Å². The Morgan fingerprint density at radius 1 is 1.33 bits per heavy atom. The molecule has 1 aromatic carbocycles. The Hall–Kier alpha value is -2.28. The van der Waals surface area contributed by atoms with Crippen molar-refractivity contribution in [2.24, 2.45) is 0 Å². The van der Waals surface area contributed by atoms with Crippen LogP contribution >= 0.6 is 11.8 Å². The Kier molecular flexibility index (Phi) is 5.39. The number of nitrogen functional groups attached to an aromatic ring is 1. The summed E-state index contributed by atoms with van der Waals surface area (Å²) in [4.78, 5) is 20.0. The first-order valence-corrected chi connectivity index (χ1v) is 7.31. The zero-order chi connectivity index (χ0) is 15.1. The molecule has 7 heteroatoms. The van der Waals surface area contributed by atoms with Gasteiger partial charge >= 0.3 is 0 Å². The average Bonchev–Trinajstić information content (AvgIpc) is 2.50. The van der Waals surface area contributed by atoms with Gasteiger partial charge in [-0.15, -0.1) is 11.8 Å². The summed E-state index contributed by atoms with van der Waals surface area (Å²) < 4.78 is 5.18. The van der Waals surface area contributed by atoms with E-state index >= 15 is 0 Å². The van der Waals surface area contributed by atoms with Gasteiger partial charge in [-0.3, -0.25) is 4.79 Å². The molecule has 0 unspecified atom stereocenters. The molecule has 1 heterocycles. The molecule has 6 nitrogen and oxygen atoms in total. The summed E-state index contributed by atoms with van der Waals surface area (Å²) in [5.74, 6) is 1.50. The van der Waals surface area contributed by atoms with Crippen LogP contribution < -0.4 is 15.8 Å². The number of hydrogen-bond acceptors (Lipinski definition) is 6. The van der Waals surface area contributed by atoms with Gasteiger partial charge in [0.2, 0.25) is 5.91 Å². The number of ether oxygens (including phenoxy) is 1. The van der Waals surface area contributed by atoms with Gasteiger partial charge in [-0.2, -0.15) is 0 Å². The van der Waals surface area contributed by atoms with Crippen LogP contribution in [0, 0.1) is 0 Å². The average molecular weight is 304 g/mol. The molecule has 0 aliphatic carbocycles. The molecule has 0 aliphatic heterocycles. The van der Waals surface area contributed by atoms with E-state index in [4.69, 9.17) is 10.5 Å². The van der Waals surface area contributed by atoms with Crippen LogP contribution in [-0.2, 0) is 4.79 Å². The van der Waals surface area contributed by atoms with Gasteiger partial charge in [-0.1, -0.05) is 12.1 Å². The third kappa shape index (κ3) is 4.35. The van der Waals surface area contributed by atoms with Gasteiger partial charge in [0.1, 0.15) is 10.8 Å². The van der Waals surface area contributed by atoms with E-state index in [2.05, 4.69) is 15.3 Å². The minimum atomic E-state index is -0.0885. The number of carbonyl (C=O) groups excluding carboxylic acids is 1. The molecule has 2 aromatic rings. The number of nitrogens with zero attached hydrogens (tertiary/aromatic N) is 2. The van der Waals surface area contributed by atoms with Crippen molar-refractivity contribution in [3.8, 4) is 5.75 Å². The molecule has 0 fully saturated rings. The van der Waals surface area contributed by atoms with Crippen LogP contribution in [-0.4, -0.2) is 28.7 Å². The number of nitrogens with one attached hydrogen (secondary N) is 1. The van der Waals surface area contributed by atoms with Crippen molar-refractivity contribution in [1.82, 2.24) is 9.97 Å². The number of hydrogen-bond donors (Lipinski definition) is 2. The third-order valence-corrected chi connectivity index (χ3v) is 3.64. The maximum atomic E-state index is 11.9. The first-order chi connectivity index (χ1) is 10.2. The number of methoxy groups -OCH3 is 1. The number of benzene rings is 1. The van der Waals surface area contributed by atoms with Crippen LogP contribution in [0.4, 0.5) is 11.5 Å². The highest BCUT2D eigenvalue weighted by Gasteiger charge is 2.08. The van der Waals surface area contributed by atoms with Crippen LogP contribution in [0.15, 0.2) is 41.7 Å². The predicted molar refractivity (Wildman–Crippen MR) is 83.4 cm³/mol. The van der Waals surface area contributed by atoms with Gasteiger partial charge in [0, 0.05) is 24.6 Å². The second-order valence-corrected chi connectivity index (χ2v) is 5.18. The molecule has 1 amide bonds. The summed E-state index contributed by atoms with van der Waals surface area (Å²) >= 11 is 1.41. The molecule has 21 heavy (non-hydrogen) atoms. The van der Waals surface area contributed by atoms with Gasteiger partial charge in [-0.25, -0.2) is 9.97 Å². The van der Waals surface area contributed by atoms with E-state index in [0.29, 0.717) is 34.5 Å². The monoisotopic (exact) mass is 304 g/mol. The lowest BCUT2D eigenvalue weighted by Crippen LogP contribution is -2.13. The Bertz CT molecular complexity index is 621. The smallest absolute Gasteiger partial charge is 0.225 e. The molecule has 0 saturated carbocycles. The Morgan fingerprint density at radius 3 is 2.86 bits per heavy atom. The molecule has 1 aromatic heterocycles. The van der Waals surface area contributed by atoms with Crippen molar-refractivity contribution in [3.63, 3.8) is 0 Å². The second-order valence-electron chi connectivity index (χ2n) is 4.09. The molecular weight excluding hydrogens is 288 g/mol. The molecule has 0 spiro atoms. The molecule has 0 radical (unpaired) electrons. The number of anilines is 2. The highest BCUT2D eigenvalue weighted by Crippen LogP contribution is 2.24. The van der Waals surface area contributed by atoms with Crippen molar-refractivity contribution in [2.75, 3.05) is 23.9 Å². The van der Waals surface area contributed by atoms with Crippen LogP contribution in [0.5, 0.6) is 5.75 Å². The third-order valence-electron chi connectivity index (χ3n) is 2.64. The minimum Gasteiger partial charge on any atom is -0.495 e. The molecule has 0 atom stereocenters. The summed E-state index contributed by atoms with van der Waals surface area (Å²) in [6, 6.07) is 7.28. The molecule has 110 valence electrons. The van der Waals surface area contributed by atoms with E-state index in [1.807, 2.05) is 12.1 Å². The van der Waals surface area contributed by atoms with Crippen LogP contribution in [0.3, 0.4) is 0 Å². The van der Waals surface area contributed by atoms with Crippen molar-refractivity contribution in [1.29, 1.82) is 0 Å². The van der Waals surface area contributed by atoms with Crippen molar-refractivity contribution in [2.45, 2.75) is 11.4 Å². The van der Waals surface area contributed by atoms with E-state index in [0.717, 1.165) is 0 Å². The zero-order valence-corrected chi connectivity index (χ0v) is 12.4. The van der Waals surface area contributed by atoms with Crippen LogP contribution in [0.1, 0.15) is 6.42 Å². The Morgan fingerprint density at radius 2 is 2.10 bits per heavy atom. The van der Waals surface area contributed by atoms with E-state index < -0.39 is 0 Å². The van der Waals surface area contributed by atoms with E-state index in [9.17, 15) is 4.79 Å². The van der Waals surface area contributed by atoms with Crippen LogP contribution in [0.2, 0.25) is 0 Å². The standard InChI is InChI=1S/C14H16N4O2S/c1-20-11-5-3-2-4-10(11)18-12(19)6-9-21-14-13(15)16-7-8-17-14/h2-5,7-8H,6,9H2,1H3,(H2,15,16)(H,18,19). The molecule has 2 rings (SSSR count). The number of nitrogens with two attached hydrogens (primary N) is 1. The highest BCUT2D eigenvalue weighted by molar-refractivity contribution is 7.99. The van der Waals surface area contributed by atoms with Gasteiger partial charge in [0.05, 0.1) is 12.8 Å². The van der Waals surface area contributed by atoms with Gasteiger partial charge in [0.25, 0.3) is 0 Å². The fourth-order valence-corrected chi connectivity index (χ4v) is 2.47. The first-order valence-electron chi connectivity index (χ1n) is 6.33. The predicted octanol–water partition coefficient (Wildman–Crippen LogP) is 2.19. The van der Waals surface area contributed by atoms with Crippen LogP contribution in [0.25, 0.3) is 0 Å². The van der Waals surface area contributed by atoms with Gasteiger partial charge in [-0.05, 0) is 12.1 Å². The lowest BCUT2D eigenvalue weighted by Gasteiger charge is -2.09. The zero-order valence-electron chi connectivity index (χ0n) is 11.6. The molecule has 0 saturated heterocycles. The number of thioether (sulfide) groups is 1. The fourth-order valence-electron chi connectivity index (χ4n) is 1.65. The first kappa shape index (κ1) is 15.1. The molecule has 0 bridgehead atoms. The normalized spacial score (nSPS) is 10.1. The van der Waals surface area contributed by atoms with Gasteiger partial charge in [0.15, 0.2) is 5.82 Å². The van der Waals surface area contributed by atoms with Gasteiger partial charge < -0.3 is 15.8 Å². The minimum absolute atomic E-state index is 0.0885. The SMILES string of the molecule is COc1ccccc1NC(=O)CCSc1nccnc1N. The summed E-state index contributed by atoms with van der Waals surface area (Å²) in [6.07, 6.45) is 3.46. The number of rotatable bonds is 6. The van der Waals surface area contributed by atoms with E-state index in [1.165, 1.54) is 18.0 Å². The van der Waals surface area contributed by atoms with E-state index in [1.54, 1.807) is 25.4 Å².